The number of aryl methyl sites for hydroxylation is 1. The second kappa shape index (κ2) is 8.10. The molecule has 1 aromatic carbocycles. The first-order chi connectivity index (χ1) is 11.5. The first-order valence-corrected chi connectivity index (χ1v) is 7.77. The fourth-order valence-electron chi connectivity index (χ4n) is 2.06. The number of amides is 1. The van der Waals surface area contributed by atoms with Gasteiger partial charge in [0.25, 0.3) is 5.91 Å². The van der Waals surface area contributed by atoms with E-state index in [-0.39, 0.29) is 17.7 Å². The van der Waals surface area contributed by atoms with Crippen LogP contribution in [0.2, 0.25) is 0 Å². The summed E-state index contributed by atoms with van der Waals surface area (Å²) < 4.78 is 5.71. The minimum Gasteiger partial charge on any atom is -0.489 e. The van der Waals surface area contributed by atoms with Crippen molar-refractivity contribution in [2.24, 2.45) is 0 Å². The summed E-state index contributed by atoms with van der Waals surface area (Å²) in [6.45, 7) is 9.81. The van der Waals surface area contributed by atoms with Gasteiger partial charge in [-0.25, -0.2) is 9.97 Å². The second-order valence-electron chi connectivity index (χ2n) is 5.47. The van der Waals surface area contributed by atoms with E-state index in [1.165, 1.54) is 0 Å². The molecule has 1 heterocycles. The highest BCUT2D eigenvalue weighted by Crippen LogP contribution is 2.25. The number of para-hydroxylation sites is 2. The molecule has 0 bridgehead atoms. The Labute approximate surface area is 142 Å². The van der Waals surface area contributed by atoms with Gasteiger partial charge in [0, 0.05) is 12.6 Å². The number of ether oxygens (including phenoxy) is 1. The standard InChI is InChI=1S/C18H22N4O2/c1-5-10-19-17-11-15(20-13(4)21-17)18(23)22-14-8-6-7-9-16(14)24-12(2)3/h5-9,11-12H,1,10H2,2-4H3,(H,22,23)(H,19,20,21). The van der Waals surface area contributed by atoms with Gasteiger partial charge in [-0.15, -0.1) is 6.58 Å². The van der Waals surface area contributed by atoms with Crippen molar-refractivity contribution in [1.82, 2.24) is 9.97 Å². The summed E-state index contributed by atoms with van der Waals surface area (Å²) in [5.74, 6) is 1.40. The quantitative estimate of drug-likeness (QED) is 0.762. The van der Waals surface area contributed by atoms with E-state index in [1.807, 2.05) is 32.0 Å². The predicted molar refractivity (Wildman–Crippen MR) is 95.6 cm³/mol. The molecule has 6 heteroatoms. The smallest absolute Gasteiger partial charge is 0.274 e. The van der Waals surface area contributed by atoms with Crippen molar-refractivity contribution < 1.29 is 9.53 Å². The van der Waals surface area contributed by atoms with Gasteiger partial charge in [-0.3, -0.25) is 4.79 Å². The van der Waals surface area contributed by atoms with Crippen LogP contribution in [0.5, 0.6) is 5.75 Å². The highest BCUT2D eigenvalue weighted by molar-refractivity contribution is 6.04. The Morgan fingerprint density at radius 2 is 2.08 bits per heavy atom. The minimum atomic E-state index is -0.318. The summed E-state index contributed by atoms with van der Waals surface area (Å²) in [5.41, 5.74) is 0.890. The molecule has 0 radical (unpaired) electrons. The zero-order valence-corrected chi connectivity index (χ0v) is 14.2. The molecule has 0 aliphatic rings. The van der Waals surface area contributed by atoms with Gasteiger partial charge in [-0.1, -0.05) is 18.2 Å². The summed E-state index contributed by atoms with van der Waals surface area (Å²) in [5, 5.41) is 5.90. The largest absolute Gasteiger partial charge is 0.489 e. The lowest BCUT2D eigenvalue weighted by Crippen LogP contribution is -2.17. The van der Waals surface area contributed by atoms with Crippen LogP contribution in [-0.4, -0.2) is 28.5 Å². The van der Waals surface area contributed by atoms with Gasteiger partial charge >= 0.3 is 0 Å². The average molecular weight is 326 g/mol. The Morgan fingerprint density at radius 1 is 1.33 bits per heavy atom. The van der Waals surface area contributed by atoms with E-state index in [0.29, 0.717) is 29.6 Å². The number of benzene rings is 1. The maximum Gasteiger partial charge on any atom is 0.274 e. The Balaban J connectivity index is 2.21. The molecule has 0 aliphatic heterocycles. The van der Waals surface area contributed by atoms with Gasteiger partial charge in [0.05, 0.1) is 11.8 Å². The highest BCUT2D eigenvalue weighted by Gasteiger charge is 2.13. The summed E-state index contributed by atoms with van der Waals surface area (Å²) in [6.07, 6.45) is 1.73. The van der Waals surface area contributed by atoms with Crippen molar-refractivity contribution in [3.05, 3.63) is 54.5 Å². The molecule has 24 heavy (non-hydrogen) atoms. The molecule has 0 aliphatic carbocycles. The number of hydrogen-bond acceptors (Lipinski definition) is 5. The zero-order chi connectivity index (χ0) is 17.5. The van der Waals surface area contributed by atoms with Crippen LogP contribution in [0, 0.1) is 6.92 Å². The summed E-state index contributed by atoms with van der Waals surface area (Å²) in [7, 11) is 0. The van der Waals surface area contributed by atoms with Crippen LogP contribution in [0.15, 0.2) is 43.0 Å². The molecule has 0 spiro atoms. The van der Waals surface area contributed by atoms with Gasteiger partial charge < -0.3 is 15.4 Å². The Kier molecular flexibility index (Phi) is 5.89. The van der Waals surface area contributed by atoms with Crippen LogP contribution in [0.3, 0.4) is 0 Å². The van der Waals surface area contributed by atoms with Gasteiger partial charge in [0.1, 0.15) is 23.1 Å². The predicted octanol–water partition coefficient (Wildman–Crippen LogP) is 3.42. The molecule has 1 aromatic heterocycles. The van der Waals surface area contributed by atoms with E-state index in [2.05, 4.69) is 27.2 Å². The van der Waals surface area contributed by atoms with E-state index >= 15 is 0 Å². The van der Waals surface area contributed by atoms with Gasteiger partial charge in [-0.2, -0.15) is 0 Å². The van der Waals surface area contributed by atoms with Crippen LogP contribution in [0.25, 0.3) is 0 Å². The number of nitrogens with zero attached hydrogens (tertiary/aromatic N) is 2. The van der Waals surface area contributed by atoms with Gasteiger partial charge in [0.15, 0.2) is 0 Å². The lowest BCUT2D eigenvalue weighted by atomic mass is 10.2. The molecule has 0 saturated heterocycles. The fourth-order valence-corrected chi connectivity index (χ4v) is 2.06. The van der Waals surface area contributed by atoms with Crippen LogP contribution >= 0.6 is 0 Å². The molecule has 2 N–H and O–H groups in total. The average Bonchev–Trinajstić information content (AvgIpc) is 2.53. The normalized spacial score (nSPS) is 10.3. The third-order valence-corrected chi connectivity index (χ3v) is 3.00. The van der Waals surface area contributed by atoms with Crippen molar-refractivity contribution in [3.8, 4) is 5.75 Å². The molecule has 2 rings (SSSR count). The first-order valence-electron chi connectivity index (χ1n) is 7.77. The number of nitrogens with one attached hydrogen (secondary N) is 2. The molecular weight excluding hydrogens is 304 g/mol. The lowest BCUT2D eigenvalue weighted by Gasteiger charge is -2.15. The van der Waals surface area contributed by atoms with Crippen LogP contribution < -0.4 is 15.4 Å². The molecule has 0 saturated carbocycles. The number of aromatic nitrogens is 2. The molecule has 2 aromatic rings. The first kappa shape index (κ1) is 17.5. The molecular formula is C18H22N4O2. The zero-order valence-electron chi connectivity index (χ0n) is 14.2. The van der Waals surface area contributed by atoms with Crippen LogP contribution in [0.4, 0.5) is 11.5 Å². The molecule has 0 fully saturated rings. The lowest BCUT2D eigenvalue weighted by molar-refractivity contribution is 0.102. The summed E-state index contributed by atoms with van der Waals surface area (Å²) in [4.78, 5) is 21.0. The fraction of sp³-hybridized carbons (Fsp3) is 0.278. The Bertz CT molecular complexity index is 729. The number of carbonyl (C=O) groups excluding carboxylic acids is 1. The van der Waals surface area contributed by atoms with E-state index < -0.39 is 0 Å². The molecule has 0 unspecified atom stereocenters. The SMILES string of the molecule is C=CCNc1cc(C(=O)Nc2ccccc2OC(C)C)nc(C)n1. The van der Waals surface area contributed by atoms with E-state index in [1.54, 1.807) is 25.1 Å². The third-order valence-electron chi connectivity index (χ3n) is 3.00. The minimum absolute atomic E-state index is 0.0130. The molecule has 6 nitrogen and oxygen atoms in total. The number of anilines is 2. The summed E-state index contributed by atoms with van der Waals surface area (Å²) in [6, 6.07) is 8.92. The van der Waals surface area contributed by atoms with Crippen molar-refractivity contribution in [2.75, 3.05) is 17.2 Å². The number of hydrogen-bond donors (Lipinski definition) is 2. The van der Waals surface area contributed by atoms with Crippen LogP contribution in [0.1, 0.15) is 30.2 Å². The maximum atomic E-state index is 12.5. The van der Waals surface area contributed by atoms with Crippen LogP contribution in [-0.2, 0) is 0 Å². The Morgan fingerprint density at radius 3 is 2.79 bits per heavy atom. The monoisotopic (exact) mass is 326 g/mol. The molecule has 1 amide bonds. The molecule has 126 valence electrons. The maximum absolute atomic E-state index is 12.5. The van der Waals surface area contributed by atoms with Gasteiger partial charge in [-0.05, 0) is 32.9 Å². The highest BCUT2D eigenvalue weighted by atomic mass is 16.5. The van der Waals surface area contributed by atoms with E-state index in [0.717, 1.165) is 0 Å². The number of carbonyl (C=O) groups is 1. The second-order valence-corrected chi connectivity index (χ2v) is 5.47. The number of rotatable bonds is 7. The third kappa shape index (κ3) is 4.81. The van der Waals surface area contributed by atoms with E-state index in [9.17, 15) is 4.79 Å². The molecule has 0 atom stereocenters. The summed E-state index contributed by atoms with van der Waals surface area (Å²) >= 11 is 0. The van der Waals surface area contributed by atoms with Crippen molar-refractivity contribution >= 4 is 17.4 Å². The topological polar surface area (TPSA) is 76.1 Å². The van der Waals surface area contributed by atoms with Gasteiger partial charge in [0.2, 0.25) is 0 Å². The van der Waals surface area contributed by atoms with E-state index in [4.69, 9.17) is 4.74 Å². The van der Waals surface area contributed by atoms with Crippen molar-refractivity contribution in [3.63, 3.8) is 0 Å². The Hall–Kier alpha value is -2.89. The van der Waals surface area contributed by atoms with Crippen molar-refractivity contribution in [1.29, 1.82) is 0 Å². The van der Waals surface area contributed by atoms with Crippen molar-refractivity contribution in [2.45, 2.75) is 26.9 Å².